The lowest BCUT2D eigenvalue weighted by Crippen LogP contribution is -2.48. The van der Waals surface area contributed by atoms with Gasteiger partial charge in [-0.05, 0) is 48.9 Å². The molecule has 0 aliphatic carbocycles. The molecule has 0 radical (unpaired) electrons. The molecule has 0 spiro atoms. The molecule has 0 unspecified atom stereocenters. The molecule has 1 fully saturated rings. The van der Waals surface area contributed by atoms with Crippen LogP contribution in [0.15, 0.2) is 66.7 Å². The zero-order chi connectivity index (χ0) is 26.1. The van der Waals surface area contributed by atoms with E-state index in [0.717, 1.165) is 16.8 Å². The Hall–Kier alpha value is -3.17. The number of anilines is 1. The average Bonchev–Trinajstić information content (AvgIpc) is 2.88. The fourth-order valence-corrected chi connectivity index (χ4v) is 4.20. The van der Waals surface area contributed by atoms with Crippen molar-refractivity contribution in [2.75, 3.05) is 44.5 Å². The largest absolute Gasteiger partial charge is 0.491 e. The minimum atomic E-state index is -0.375. The van der Waals surface area contributed by atoms with Gasteiger partial charge in [0.2, 0.25) is 5.91 Å². The zero-order valence-electron chi connectivity index (χ0n) is 20.1. The Kier molecular flexibility index (Phi) is 10.1. The van der Waals surface area contributed by atoms with Crippen molar-refractivity contribution in [3.63, 3.8) is 0 Å². The maximum absolute atomic E-state index is 13.3. The van der Waals surface area contributed by atoms with Gasteiger partial charge in [0.1, 0.15) is 18.2 Å². The number of halogens is 2. The lowest BCUT2D eigenvalue weighted by atomic mass is 10.0. The van der Waals surface area contributed by atoms with Gasteiger partial charge in [0, 0.05) is 31.3 Å². The molecule has 36 heavy (non-hydrogen) atoms. The van der Waals surface area contributed by atoms with E-state index in [1.807, 2.05) is 36.1 Å². The second kappa shape index (κ2) is 13.2. The van der Waals surface area contributed by atoms with Crippen molar-refractivity contribution < 1.29 is 24.1 Å². The van der Waals surface area contributed by atoms with Gasteiger partial charge in [-0.15, -0.1) is 0 Å². The number of rotatable bonds is 7. The van der Waals surface area contributed by atoms with Crippen LogP contribution in [0.5, 0.6) is 5.75 Å². The van der Waals surface area contributed by atoms with Gasteiger partial charge in [-0.1, -0.05) is 41.4 Å². The quantitative estimate of drug-likeness (QED) is 0.443. The monoisotopic (exact) mass is 515 g/mol. The molecule has 1 aliphatic heterocycles. The van der Waals surface area contributed by atoms with E-state index in [1.165, 1.54) is 12.1 Å². The van der Waals surface area contributed by atoms with Gasteiger partial charge in [0.25, 0.3) is 0 Å². The number of nitrogens with zero attached hydrogens (tertiary/aromatic N) is 2. The van der Waals surface area contributed by atoms with E-state index in [1.54, 1.807) is 30.3 Å². The maximum atomic E-state index is 13.3. The SMILES string of the molecule is Cc1ccc(C(N)=O)cc1.OCCOc1ccc(N2CCN(CO)C[C@H]2c2ccc(F)cc2)c(Cl)c1. The molecule has 1 aliphatic rings. The third-order valence-corrected chi connectivity index (χ3v) is 6.15. The summed E-state index contributed by atoms with van der Waals surface area (Å²) in [4.78, 5) is 14.6. The van der Waals surface area contributed by atoms with Crippen LogP contribution >= 0.6 is 11.6 Å². The second-order valence-electron chi connectivity index (χ2n) is 8.39. The van der Waals surface area contributed by atoms with E-state index in [9.17, 15) is 14.3 Å². The van der Waals surface area contributed by atoms with Gasteiger partial charge < -0.3 is 25.6 Å². The molecule has 0 aromatic heterocycles. The number of nitrogens with two attached hydrogens (primary N) is 1. The van der Waals surface area contributed by atoms with Crippen LogP contribution < -0.4 is 15.4 Å². The Bertz CT molecular complexity index is 1130. The van der Waals surface area contributed by atoms with Gasteiger partial charge in [-0.25, -0.2) is 4.39 Å². The molecule has 192 valence electrons. The van der Waals surface area contributed by atoms with Gasteiger partial charge >= 0.3 is 0 Å². The number of ether oxygens (including phenoxy) is 1. The number of benzene rings is 3. The molecular weight excluding hydrogens is 485 g/mol. The highest BCUT2D eigenvalue weighted by Crippen LogP contribution is 2.37. The number of piperazine rings is 1. The molecule has 3 aromatic carbocycles. The average molecular weight is 516 g/mol. The van der Waals surface area contributed by atoms with E-state index in [4.69, 9.17) is 27.2 Å². The van der Waals surface area contributed by atoms with Crippen LogP contribution in [0.3, 0.4) is 0 Å². The van der Waals surface area contributed by atoms with Crippen LogP contribution in [0.1, 0.15) is 27.5 Å². The van der Waals surface area contributed by atoms with Crippen LogP contribution in [0, 0.1) is 12.7 Å². The van der Waals surface area contributed by atoms with Crippen molar-refractivity contribution in [2.24, 2.45) is 5.73 Å². The van der Waals surface area contributed by atoms with Gasteiger partial charge in [-0.2, -0.15) is 0 Å². The molecule has 1 saturated heterocycles. The van der Waals surface area contributed by atoms with Crippen molar-refractivity contribution in [1.82, 2.24) is 4.90 Å². The third-order valence-electron chi connectivity index (χ3n) is 5.84. The summed E-state index contributed by atoms with van der Waals surface area (Å²) in [6.45, 7) is 4.09. The molecular formula is C27H31ClFN3O4. The number of hydrogen-bond donors (Lipinski definition) is 3. The number of aliphatic hydroxyl groups excluding tert-OH is 2. The summed E-state index contributed by atoms with van der Waals surface area (Å²) in [5.74, 6) is -0.0568. The van der Waals surface area contributed by atoms with Gasteiger partial charge in [0.05, 0.1) is 30.1 Å². The maximum Gasteiger partial charge on any atom is 0.248 e. The van der Waals surface area contributed by atoms with Gasteiger partial charge in [0.15, 0.2) is 0 Å². The number of carbonyl (C=O) groups is 1. The number of amides is 1. The number of primary amides is 1. The Morgan fingerprint density at radius 1 is 1.08 bits per heavy atom. The molecule has 0 saturated carbocycles. The van der Waals surface area contributed by atoms with Crippen molar-refractivity contribution in [3.05, 3.63) is 94.3 Å². The standard InChI is InChI=1S/C19H22ClFN2O3.C8H9NO/c20-17-11-16(26-10-9-24)5-6-18(17)23-8-7-22(13-25)12-19(23)14-1-3-15(21)4-2-14;1-6-2-4-7(5-3-6)8(9)10/h1-6,11,19,24-25H,7-10,12-13H2;2-5H,1H3,(H2,9,10)/t19-;/m0./s1. The first-order valence-electron chi connectivity index (χ1n) is 11.6. The molecule has 1 heterocycles. The lowest BCUT2D eigenvalue weighted by Gasteiger charge is -2.42. The Morgan fingerprint density at radius 2 is 1.78 bits per heavy atom. The van der Waals surface area contributed by atoms with Crippen LogP contribution in [0.25, 0.3) is 0 Å². The van der Waals surface area contributed by atoms with E-state index >= 15 is 0 Å². The molecule has 4 rings (SSSR count). The number of aliphatic hydroxyl groups is 2. The predicted octanol–water partition coefficient (Wildman–Crippen LogP) is 3.76. The van der Waals surface area contributed by atoms with E-state index in [2.05, 4.69) is 4.90 Å². The Labute approximate surface area is 215 Å². The minimum Gasteiger partial charge on any atom is -0.491 e. The smallest absolute Gasteiger partial charge is 0.248 e. The third kappa shape index (κ3) is 7.41. The highest BCUT2D eigenvalue weighted by molar-refractivity contribution is 6.33. The fraction of sp³-hybridized carbons (Fsp3) is 0.296. The summed E-state index contributed by atoms with van der Waals surface area (Å²) < 4.78 is 18.7. The molecule has 3 aromatic rings. The molecule has 7 nitrogen and oxygen atoms in total. The summed E-state index contributed by atoms with van der Waals surface area (Å²) in [6, 6.07) is 19.0. The molecule has 4 N–H and O–H groups in total. The molecule has 9 heteroatoms. The topological polar surface area (TPSA) is 99.3 Å². The van der Waals surface area contributed by atoms with Crippen LogP contribution in [0.2, 0.25) is 5.02 Å². The van der Waals surface area contributed by atoms with E-state index in [0.29, 0.717) is 36.0 Å². The van der Waals surface area contributed by atoms with E-state index < -0.39 is 0 Å². The first kappa shape index (κ1) is 27.4. The van der Waals surface area contributed by atoms with E-state index in [-0.39, 0.29) is 37.7 Å². The van der Waals surface area contributed by atoms with Crippen molar-refractivity contribution in [1.29, 1.82) is 0 Å². The second-order valence-corrected chi connectivity index (χ2v) is 8.80. The predicted molar refractivity (Wildman–Crippen MR) is 139 cm³/mol. The zero-order valence-corrected chi connectivity index (χ0v) is 20.9. The minimum absolute atomic E-state index is 0.0206. The first-order valence-corrected chi connectivity index (χ1v) is 11.9. The highest BCUT2D eigenvalue weighted by Gasteiger charge is 2.29. The summed E-state index contributed by atoms with van der Waals surface area (Å²) in [5.41, 5.74) is 8.53. The molecule has 0 bridgehead atoms. The summed E-state index contributed by atoms with van der Waals surface area (Å²) >= 11 is 6.48. The van der Waals surface area contributed by atoms with Crippen molar-refractivity contribution in [2.45, 2.75) is 13.0 Å². The lowest BCUT2D eigenvalue weighted by molar-refractivity contribution is 0.0883. The van der Waals surface area contributed by atoms with Crippen LogP contribution in [-0.2, 0) is 0 Å². The molecule has 1 atom stereocenters. The number of carbonyl (C=O) groups excluding carboxylic acids is 1. The summed E-state index contributed by atoms with van der Waals surface area (Å²) in [6.07, 6.45) is 0. The number of aryl methyl sites for hydroxylation is 1. The Morgan fingerprint density at radius 3 is 2.36 bits per heavy atom. The summed E-state index contributed by atoms with van der Waals surface area (Å²) in [5, 5.41) is 18.9. The Balaban J connectivity index is 0.000000303. The van der Waals surface area contributed by atoms with Crippen LogP contribution in [-0.4, -0.2) is 60.6 Å². The molecule has 1 amide bonds. The number of hydrogen-bond acceptors (Lipinski definition) is 6. The normalized spacial score (nSPS) is 15.7. The highest BCUT2D eigenvalue weighted by atomic mass is 35.5. The van der Waals surface area contributed by atoms with Crippen molar-refractivity contribution >= 4 is 23.2 Å². The summed E-state index contributed by atoms with van der Waals surface area (Å²) in [7, 11) is 0. The first-order chi connectivity index (χ1) is 17.3. The fourth-order valence-electron chi connectivity index (χ4n) is 3.92. The van der Waals surface area contributed by atoms with Gasteiger partial charge in [-0.3, -0.25) is 9.69 Å². The van der Waals surface area contributed by atoms with Crippen LogP contribution in [0.4, 0.5) is 10.1 Å². The van der Waals surface area contributed by atoms with Crippen molar-refractivity contribution in [3.8, 4) is 5.75 Å².